The number of carboxylic acid groups (broad SMARTS) is 1. The summed E-state index contributed by atoms with van der Waals surface area (Å²) in [6, 6.07) is 6.51. The van der Waals surface area contributed by atoms with Gasteiger partial charge in [0.1, 0.15) is 22.9 Å². The number of carbonyl (C=O) groups excluding carboxylic acids is 2. The van der Waals surface area contributed by atoms with E-state index in [0.29, 0.717) is 6.61 Å². The number of nitrogens with one attached hydrogen (secondary N) is 1. The number of fused-ring (bicyclic) bond motifs is 2. The molecule has 1 aromatic carbocycles. The lowest BCUT2D eigenvalue weighted by atomic mass is 9.96. The Bertz CT molecular complexity index is 830. The topological polar surface area (TPSA) is 95.9 Å². The lowest BCUT2D eigenvalue weighted by Gasteiger charge is -2.43. The predicted molar refractivity (Wildman–Crippen MR) is 107 cm³/mol. The average Bonchev–Trinajstić information content (AvgIpc) is 2.92. The van der Waals surface area contributed by atoms with E-state index in [1.165, 1.54) is 34.0 Å². The summed E-state index contributed by atoms with van der Waals surface area (Å²) in [6.45, 7) is 4.25. The van der Waals surface area contributed by atoms with Crippen LogP contribution in [0.4, 0.5) is 0 Å². The predicted octanol–water partition coefficient (Wildman–Crippen LogP) is 1.62. The van der Waals surface area contributed by atoms with Gasteiger partial charge in [-0.3, -0.25) is 9.59 Å². The Morgan fingerprint density at radius 3 is 2.89 bits per heavy atom. The molecule has 2 fully saturated rings. The standard InChI is InChI=1S/C19H22N2O5S2/c1-19(2)14(17(24)25)21-15(23)13(16(21)28-19)20-12(22)9-27-18-11-6-4-3-5-10(11)7-8-26-18/h3-6,13-14,16,18H,7-9H2,1-2H3,(H,20,22)(H,24,25)/t13-,14+,16-,18?/m1/s1. The van der Waals surface area contributed by atoms with Crippen molar-refractivity contribution in [2.45, 2.75) is 47.9 Å². The Morgan fingerprint density at radius 2 is 2.14 bits per heavy atom. The highest BCUT2D eigenvalue weighted by Gasteiger charge is 2.64. The molecule has 0 spiro atoms. The van der Waals surface area contributed by atoms with Gasteiger partial charge in [-0.25, -0.2) is 4.79 Å². The van der Waals surface area contributed by atoms with Crippen LogP contribution in [0.3, 0.4) is 0 Å². The number of hydrogen-bond acceptors (Lipinski definition) is 6. The number of β-lactam (4-membered cyclic amide) rings is 1. The second-order valence-corrected chi connectivity index (χ2v) is 10.4. The SMILES string of the molecule is CC1(C)S[C@@H]2[C@H](NC(=O)CSC3OCCc4ccccc43)C(=O)N2[C@H]1C(=O)O. The zero-order chi connectivity index (χ0) is 20.1. The van der Waals surface area contributed by atoms with Crippen LogP contribution in [0.5, 0.6) is 0 Å². The summed E-state index contributed by atoms with van der Waals surface area (Å²) < 4.78 is 5.20. The van der Waals surface area contributed by atoms with Gasteiger partial charge in [0.2, 0.25) is 11.8 Å². The number of hydrogen-bond donors (Lipinski definition) is 2. The number of benzene rings is 1. The van der Waals surface area contributed by atoms with Crippen molar-refractivity contribution in [2.24, 2.45) is 0 Å². The minimum absolute atomic E-state index is 0.173. The lowest BCUT2D eigenvalue weighted by molar-refractivity contribution is -0.160. The lowest BCUT2D eigenvalue weighted by Crippen LogP contribution is -2.70. The molecule has 4 rings (SSSR count). The Kier molecular flexibility index (Phi) is 5.09. The van der Waals surface area contributed by atoms with Crippen molar-refractivity contribution >= 4 is 41.3 Å². The van der Waals surface area contributed by atoms with E-state index in [9.17, 15) is 19.5 Å². The van der Waals surface area contributed by atoms with E-state index in [2.05, 4.69) is 11.4 Å². The molecule has 1 unspecified atom stereocenters. The summed E-state index contributed by atoms with van der Waals surface area (Å²) in [6.07, 6.45) is 0.866. The molecule has 3 heterocycles. The zero-order valence-corrected chi connectivity index (χ0v) is 17.2. The van der Waals surface area contributed by atoms with Crippen molar-refractivity contribution in [3.05, 3.63) is 35.4 Å². The number of rotatable bonds is 5. The van der Waals surface area contributed by atoms with Crippen LogP contribution in [0.2, 0.25) is 0 Å². The molecule has 0 bridgehead atoms. The van der Waals surface area contributed by atoms with Gasteiger partial charge in [0.15, 0.2) is 0 Å². The molecule has 7 nitrogen and oxygen atoms in total. The maximum atomic E-state index is 12.5. The highest BCUT2D eigenvalue weighted by atomic mass is 32.2. The van der Waals surface area contributed by atoms with Gasteiger partial charge in [-0.15, -0.1) is 23.5 Å². The first-order chi connectivity index (χ1) is 13.3. The minimum atomic E-state index is -1.01. The summed E-state index contributed by atoms with van der Waals surface area (Å²) in [5.41, 5.74) is 2.14. The van der Waals surface area contributed by atoms with Crippen LogP contribution < -0.4 is 5.32 Å². The molecule has 3 aliphatic heterocycles. The van der Waals surface area contributed by atoms with Crippen LogP contribution in [-0.2, 0) is 25.5 Å². The van der Waals surface area contributed by atoms with Crippen LogP contribution in [0.1, 0.15) is 30.4 Å². The third-order valence-corrected chi connectivity index (χ3v) is 8.00. The van der Waals surface area contributed by atoms with Gasteiger partial charge < -0.3 is 20.1 Å². The summed E-state index contributed by atoms with van der Waals surface area (Å²) in [7, 11) is 0. The molecule has 28 heavy (non-hydrogen) atoms. The summed E-state index contributed by atoms with van der Waals surface area (Å²) in [5, 5.41) is 11.9. The third-order valence-electron chi connectivity index (χ3n) is 5.31. The largest absolute Gasteiger partial charge is 0.480 e. The molecule has 4 atom stereocenters. The monoisotopic (exact) mass is 422 g/mol. The first-order valence-electron chi connectivity index (χ1n) is 9.13. The number of nitrogens with zero attached hydrogens (tertiary/aromatic N) is 1. The van der Waals surface area contributed by atoms with Crippen molar-refractivity contribution in [3.8, 4) is 0 Å². The highest BCUT2D eigenvalue weighted by molar-refractivity contribution is 8.01. The maximum absolute atomic E-state index is 12.5. The van der Waals surface area contributed by atoms with Crippen LogP contribution in [-0.4, -0.2) is 62.4 Å². The molecule has 3 aliphatic rings. The number of carboxylic acids is 1. The molecule has 0 aliphatic carbocycles. The second kappa shape index (κ2) is 7.27. The smallest absolute Gasteiger partial charge is 0.327 e. The minimum Gasteiger partial charge on any atom is -0.480 e. The molecule has 0 aromatic heterocycles. The van der Waals surface area contributed by atoms with Crippen molar-refractivity contribution in [2.75, 3.05) is 12.4 Å². The first kappa shape index (κ1) is 19.6. The van der Waals surface area contributed by atoms with Crippen LogP contribution in [0.25, 0.3) is 0 Å². The van der Waals surface area contributed by atoms with E-state index in [-0.39, 0.29) is 28.4 Å². The fourth-order valence-electron chi connectivity index (χ4n) is 4.01. The second-order valence-electron chi connectivity index (χ2n) is 7.61. The molecule has 2 saturated heterocycles. The number of amides is 2. The van der Waals surface area contributed by atoms with E-state index in [4.69, 9.17) is 4.74 Å². The van der Waals surface area contributed by atoms with E-state index in [0.717, 1.165) is 12.0 Å². The molecule has 0 radical (unpaired) electrons. The molecule has 0 saturated carbocycles. The van der Waals surface area contributed by atoms with E-state index < -0.39 is 22.8 Å². The zero-order valence-electron chi connectivity index (χ0n) is 15.6. The average molecular weight is 423 g/mol. The Morgan fingerprint density at radius 1 is 1.39 bits per heavy atom. The maximum Gasteiger partial charge on any atom is 0.327 e. The number of thioether (sulfide) groups is 2. The first-order valence-corrected chi connectivity index (χ1v) is 11.1. The van der Waals surface area contributed by atoms with Gasteiger partial charge in [0.05, 0.1) is 12.4 Å². The van der Waals surface area contributed by atoms with Crippen LogP contribution >= 0.6 is 23.5 Å². The molecule has 1 aromatic rings. The van der Waals surface area contributed by atoms with Gasteiger partial charge in [-0.2, -0.15) is 0 Å². The Labute approximate surface area is 171 Å². The van der Waals surface area contributed by atoms with Crippen molar-refractivity contribution in [1.82, 2.24) is 10.2 Å². The van der Waals surface area contributed by atoms with E-state index >= 15 is 0 Å². The molecule has 150 valence electrons. The summed E-state index contributed by atoms with van der Waals surface area (Å²) in [4.78, 5) is 37.8. The van der Waals surface area contributed by atoms with Crippen molar-refractivity contribution in [1.29, 1.82) is 0 Å². The Balaban J connectivity index is 1.35. The molecular formula is C19H22N2O5S2. The number of ether oxygens (including phenoxy) is 1. The van der Waals surface area contributed by atoms with E-state index in [1.54, 1.807) is 0 Å². The van der Waals surface area contributed by atoms with Gasteiger partial charge in [0.25, 0.3) is 0 Å². The van der Waals surface area contributed by atoms with Gasteiger partial charge >= 0.3 is 5.97 Å². The molecule has 2 amide bonds. The van der Waals surface area contributed by atoms with E-state index in [1.807, 2.05) is 32.0 Å². The molecular weight excluding hydrogens is 400 g/mol. The third kappa shape index (κ3) is 3.29. The van der Waals surface area contributed by atoms with Gasteiger partial charge in [-0.1, -0.05) is 24.3 Å². The highest BCUT2D eigenvalue weighted by Crippen LogP contribution is 2.50. The number of aliphatic carboxylic acids is 1. The number of carbonyl (C=O) groups is 3. The molecule has 9 heteroatoms. The summed E-state index contributed by atoms with van der Waals surface area (Å²) in [5.74, 6) is -1.41. The van der Waals surface area contributed by atoms with Gasteiger partial charge in [-0.05, 0) is 31.4 Å². The fourth-order valence-corrected chi connectivity index (χ4v) is 6.62. The summed E-state index contributed by atoms with van der Waals surface area (Å²) >= 11 is 2.82. The van der Waals surface area contributed by atoms with Crippen LogP contribution in [0, 0.1) is 0 Å². The van der Waals surface area contributed by atoms with Crippen LogP contribution in [0.15, 0.2) is 24.3 Å². The van der Waals surface area contributed by atoms with Crippen molar-refractivity contribution in [3.63, 3.8) is 0 Å². The van der Waals surface area contributed by atoms with Gasteiger partial charge in [0, 0.05) is 4.75 Å². The normalized spacial score (nSPS) is 30.2. The molecule has 2 N–H and O–H groups in total. The quantitative estimate of drug-likeness (QED) is 0.696. The Hall–Kier alpha value is -1.71. The van der Waals surface area contributed by atoms with Crippen molar-refractivity contribution < 1.29 is 24.2 Å². The fraction of sp³-hybridized carbons (Fsp3) is 0.526.